The highest BCUT2D eigenvalue weighted by molar-refractivity contribution is 5.32. The average Bonchev–Trinajstić information content (AvgIpc) is 2.46. The number of nitrogens with one attached hydrogen (secondary N) is 1. The van der Waals surface area contributed by atoms with Crippen LogP contribution in [0.1, 0.15) is 11.3 Å². The molecule has 0 atom stereocenters. The van der Waals surface area contributed by atoms with E-state index in [4.69, 9.17) is 10.5 Å². The highest BCUT2D eigenvalue weighted by Gasteiger charge is 2.02. The fraction of sp³-hybridized carbons (Fsp3) is 0.286. The highest BCUT2D eigenvalue weighted by Crippen LogP contribution is 2.15. The Morgan fingerprint density at radius 1 is 1.32 bits per heavy atom. The Hall–Kier alpha value is -2.14. The molecule has 0 spiro atoms. The Labute approximate surface area is 112 Å². The van der Waals surface area contributed by atoms with Gasteiger partial charge in [-0.1, -0.05) is 12.1 Å². The number of benzene rings is 1. The van der Waals surface area contributed by atoms with Gasteiger partial charge < -0.3 is 15.8 Å². The van der Waals surface area contributed by atoms with Crippen molar-refractivity contribution in [1.29, 1.82) is 0 Å². The molecule has 1 aromatic carbocycles. The van der Waals surface area contributed by atoms with E-state index in [-0.39, 0.29) is 0 Å². The minimum Gasteiger partial charge on any atom is -0.497 e. The number of ether oxygens (including phenoxy) is 1. The summed E-state index contributed by atoms with van der Waals surface area (Å²) in [6.07, 6.45) is 2.50. The largest absolute Gasteiger partial charge is 0.497 e. The van der Waals surface area contributed by atoms with Crippen LogP contribution < -0.4 is 15.8 Å². The van der Waals surface area contributed by atoms with Gasteiger partial charge in [-0.15, -0.1) is 0 Å². The monoisotopic (exact) mass is 258 g/mol. The van der Waals surface area contributed by atoms with E-state index in [0.29, 0.717) is 19.0 Å². The molecular formula is C14H18N4O. The zero-order valence-electron chi connectivity index (χ0n) is 11.0. The van der Waals surface area contributed by atoms with Gasteiger partial charge in [0.1, 0.15) is 5.75 Å². The second-order valence-corrected chi connectivity index (χ2v) is 4.12. The summed E-state index contributed by atoms with van der Waals surface area (Å²) in [5.74, 6) is 1.47. The molecule has 1 aromatic heterocycles. The zero-order chi connectivity index (χ0) is 13.5. The first-order valence-electron chi connectivity index (χ1n) is 6.20. The fourth-order valence-electron chi connectivity index (χ4n) is 1.76. The summed E-state index contributed by atoms with van der Waals surface area (Å²) in [6.45, 7) is 1.23. The molecular weight excluding hydrogens is 240 g/mol. The Morgan fingerprint density at radius 2 is 2.21 bits per heavy atom. The molecule has 2 rings (SSSR count). The lowest BCUT2D eigenvalue weighted by atomic mass is 10.1. The predicted octanol–water partition coefficient (Wildman–Crippen LogP) is 1.45. The quantitative estimate of drug-likeness (QED) is 0.820. The first-order chi connectivity index (χ1) is 9.31. The average molecular weight is 258 g/mol. The van der Waals surface area contributed by atoms with Crippen LogP contribution in [-0.4, -0.2) is 30.2 Å². The number of hydrogen-bond donors (Lipinski definition) is 2. The number of nitrogens with zero attached hydrogens (tertiary/aromatic N) is 2. The van der Waals surface area contributed by atoms with Crippen molar-refractivity contribution in [2.45, 2.75) is 6.42 Å². The molecule has 19 heavy (non-hydrogen) atoms. The minimum atomic E-state index is 0.559. The van der Waals surface area contributed by atoms with Crippen LogP contribution >= 0.6 is 0 Å². The number of nitrogens with two attached hydrogens (primary N) is 1. The van der Waals surface area contributed by atoms with Crippen molar-refractivity contribution in [1.82, 2.24) is 9.97 Å². The third kappa shape index (κ3) is 3.93. The first kappa shape index (κ1) is 13.3. The molecule has 0 radical (unpaired) electrons. The molecule has 100 valence electrons. The highest BCUT2D eigenvalue weighted by atomic mass is 16.5. The van der Waals surface area contributed by atoms with Crippen LogP contribution in [0.3, 0.4) is 0 Å². The number of anilines is 1. The van der Waals surface area contributed by atoms with Crippen molar-refractivity contribution in [3.8, 4) is 5.75 Å². The Bertz CT molecular complexity index is 530. The molecule has 1 heterocycles. The maximum atomic E-state index is 5.44. The summed E-state index contributed by atoms with van der Waals surface area (Å²) in [5.41, 5.74) is 7.55. The maximum absolute atomic E-state index is 5.44. The van der Waals surface area contributed by atoms with Crippen LogP contribution in [0.5, 0.6) is 5.75 Å². The van der Waals surface area contributed by atoms with Gasteiger partial charge in [0.25, 0.3) is 0 Å². The Balaban J connectivity index is 2.09. The minimum absolute atomic E-state index is 0.559. The van der Waals surface area contributed by atoms with Gasteiger partial charge in [-0.2, -0.15) is 0 Å². The van der Waals surface area contributed by atoms with Gasteiger partial charge in [0.2, 0.25) is 5.95 Å². The second-order valence-electron chi connectivity index (χ2n) is 4.12. The Morgan fingerprint density at radius 3 is 3.00 bits per heavy atom. The van der Waals surface area contributed by atoms with E-state index in [9.17, 15) is 0 Å². The van der Waals surface area contributed by atoms with E-state index < -0.39 is 0 Å². The van der Waals surface area contributed by atoms with Crippen LogP contribution in [-0.2, 0) is 6.42 Å². The molecule has 0 unspecified atom stereocenters. The number of rotatable bonds is 6. The maximum Gasteiger partial charge on any atom is 0.222 e. The van der Waals surface area contributed by atoms with Gasteiger partial charge >= 0.3 is 0 Å². The standard InChI is InChI=1S/C14H18N4O/c1-19-13-4-2-3-11(10-13)9-12-5-7-16-14(18-12)17-8-6-15/h2-5,7,10H,6,8-9,15H2,1H3,(H,16,17,18). The van der Waals surface area contributed by atoms with E-state index in [2.05, 4.69) is 21.4 Å². The van der Waals surface area contributed by atoms with Crippen LogP contribution in [0, 0.1) is 0 Å². The molecule has 0 saturated heterocycles. The van der Waals surface area contributed by atoms with Crippen molar-refractivity contribution in [3.63, 3.8) is 0 Å². The molecule has 0 aliphatic carbocycles. The van der Waals surface area contributed by atoms with Gasteiger partial charge in [-0.3, -0.25) is 0 Å². The van der Waals surface area contributed by atoms with E-state index >= 15 is 0 Å². The molecule has 0 fully saturated rings. The van der Waals surface area contributed by atoms with Crippen LogP contribution in [0.15, 0.2) is 36.5 Å². The van der Waals surface area contributed by atoms with Gasteiger partial charge in [0.05, 0.1) is 12.8 Å². The lowest BCUT2D eigenvalue weighted by molar-refractivity contribution is 0.414. The smallest absolute Gasteiger partial charge is 0.222 e. The second kappa shape index (κ2) is 6.70. The molecule has 5 heteroatoms. The van der Waals surface area contributed by atoms with Crippen LogP contribution in [0.4, 0.5) is 5.95 Å². The fourth-order valence-corrected chi connectivity index (χ4v) is 1.76. The topological polar surface area (TPSA) is 73.1 Å². The molecule has 0 aliphatic rings. The van der Waals surface area contributed by atoms with Crippen molar-refractivity contribution < 1.29 is 4.74 Å². The normalized spacial score (nSPS) is 10.2. The van der Waals surface area contributed by atoms with Gasteiger partial charge in [0.15, 0.2) is 0 Å². The molecule has 0 saturated carbocycles. The van der Waals surface area contributed by atoms with E-state index in [1.807, 2.05) is 24.3 Å². The summed E-state index contributed by atoms with van der Waals surface area (Å²) in [7, 11) is 1.67. The van der Waals surface area contributed by atoms with E-state index in [1.165, 1.54) is 0 Å². The van der Waals surface area contributed by atoms with Crippen molar-refractivity contribution in [2.75, 3.05) is 25.5 Å². The molecule has 3 N–H and O–H groups in total. The van der Waals surface area contributed by atoms with Crippen LogP contribution in [0.25, 0.3) is 0 Å². The number of methoxy groups -OCH3 is 1. The molecule has 2 aromatic rings. The zero-order valence-corrected chi connectivity index (χ0v) is 11.0. The van der Waals surface area contributed by atoms with Crippen molar-refractivity contribution >= 4 is 5.95 Å². The van der Waals surface area contributed by atoms with E-state index in [0.717, 1.165) is 23.4 Å². The van der Waals surface area contributed by atoms with Gasteiger partial charge in [0, 0.05) is 25.7 Å². The van der Waals surface area contributed by atoms with Crippen molar-refractivity contribution in [3.05, 3.63) is 47.8 Å². The Kier molecular flexibility index (Phi) is 4.69. The molecule has 0 aliphatic heterocycles. The summed E-state index contributed by atoms with van der Waals surface area (Å²) in [6, 6.07) is 9.88. The summed E-state index contributed by atoms with van der Waals surface area (Å²) < 4.78 is 5.21. The van der Waals surface area contributed by atoms with Crippen LogP contribution in [0.2, 0.25) is 0 Å². The number of aromatic nitrogens is 2. The third-order valence-electron chi connectivity index (χ3n) is 2.66. The molecule has 0 bridgehead atoms. The lowest BCUT2D eigenvalue weighted by Gasteiger charge is -2.06. The summed E-state index contributed by atoms with van der Waals surface area (Å²) in [5, 5.41) is 3.07. The van der Waals surface area contributed by atoms with E-state index in [1.54, 1.807) is 13.3 Å². The first-order valence-corrected chi connectivity index (χ1v) is 6.20. The summed E-state index contributed by atoms with van der Waals surface area (Å²) >= 11 is 0. The third-order valence-corrected chi connectivity index (χ3v) is 2.66. The number of hydrogen-bond acceptors (Lipinski definition) is 5. The van der Waals surface area contributed by atoms with Gasteiger partial charge in [-0.25, -0.2) is 9.97 Å². The molecule has 0 amide bonds. The predicted molar refractivity (Wildman–Crippen MR) is 75.4 cm³/mol. The van der Waals surface area contributed by atoms with Gasteiger partial charge in [-0.05, 0) is 23.8 Å². The van der Waals surface area contributed by atoms with Crippen molar-refractivity contribution in [2.24, 2.45) is 5.73 Å². The SMILES string of the molecule is COc1cccc(Cc2ccnc(NCCN)n2)c1. The lowest BCUT2D eigenvalue weighted by Crippen LogP contribution is -2.15. The summed E-state index contributed by atoms with van der Waals surface area (Å²) in [4.78, 5) is 8.59. The molecule has 5 nitrogen and oxygen atoms in total.